The number of fused-ring (bicyclic) bond motifs is 1. The average molecular weight is 410 g/mol. The summed E-state index contributed by atoms with van der Waals surface area (Å²) in [6, 6.07) is 13.2. The van der Waals surface area contributed by atoms with Crippen molar-refractivity contribution in [1.82, 2.24) is 15.2 Å². The molecular formula is C22H17ClFN3O2. The molecule has 0 atom stereocenters. The summed E-state index contributed by atoms with van der Waals surface area (Å²) in [5, 5.41) is 2.86. The second-order valence-corrected chi connectivity index (χ2v) is 7.23. The van der Waals surface area contributed by atoms with Crippen LogP contribution in [0, 0.1) is 5.82 Å². The quantitative estimate of drug-likeness (QED) is 0.693. The number of halogens is 2. The van der Waals surface area contributed by atoms with E-state index in [1.165, 1.54) is 12.1 Å². The Morgan fingerprint density at radius 3 is 2.79 bits per heavy atom. The van der Waals surface area contributed by atoms with Gasteiger partial charge >= 0.3 is 0 Å². The first-order valence-corrected chi connectivity index (χ1v) is 9.42. The Bertz CT molecular complexity index is 1090. The summed E-state index contributed by atoms with van der Waals surface area (Å²) >= 11 is 5.83. The van der Waals surface area contributed by atoms with Crippen LogP contribution in [0.2, 0.25) is 5.02 Å². The lowest BCUT2D eigenvalue weighted by molar-refractivity contribution is 0.0766. The maximum atomic E-state index is 13.3. The molecule has 2 aromatic carbocycles. The van der Waals surface area contributed by atoms with Gasteiger partial charge in [0.15, 0.2) is 0 Å². The highest BCUT2D eigenvalue weighted by Crippen LogP contribution is 2.26. The number of hydrogen-bond acceptors (Lipinski definition) is 3. The molecule has 0 aliphatic carbocycles. The molecule has 1 N–H and O–H groups in total. The minimum Gasteiger partial charge on any atom is -0.348 e. The van der Waals surface area contributed by atoms with Gasteiger partial charge in [-0.25, -0.2) is 4.39 Å². The second kappa shape index (κ2) is 8.01. The molecule has 4 rings (SSSR count). The lowest BCUT2D eigenvalue weighted by atomic mass is 10.1. The summed E-state index contributed by atoms with van der Waals surface area (Å²) in [7, 11) is 0. The SMILES string of the molecule is O=C(NCc1cccnc1)c1ccc2c(c1)C(=O)N(Cc1ccc(F)c(Cl)c1)C2. The van der Waals surface area contributed by atoms with Crippen molar-refractivity contribution in [2.45, 2.75) is 19.6 Å². The number of carbonyl (C=O) groups is 2. The fraction of sp³-hybridized carbons (Fsp3) is 0.136. The minimum atomic E-state index is -0.492. The highest BCUT2D eigenvalue weighted by atomic mass is 35.5. The van der Waals surface area contributed by atoms with E-state index in [0.29, 0.717) is 30.8 Å². The van der Waals surface area contributed by atoms with Crippen molar-refractivity contribution in [3.63, 3.8) is 0 Å². The van der Waals surface area contributed by atoms with Gasteiger partial charge in [-0.1, -0.05) is 29.8 Å². The lowest BCUT2D eigenvalue weighted by Crippen LogP contribution is -2.24. The number of carbonyl (C=O) groups excluding carboxylic acids is 2. The highest BCUT2D eigenvalue weighted by Gasteiger charge is 2.28. The zero-order chi connectivity index (χ0) is 20.4. The van der Waals surface area contributed by atoms with Crippen LogP contribution < -0.4 is 5.32 Å². The molecule has 5 nitrogen and oxygen atoms in total. The van der Waals surface area contributed by atoms with Crippen molar-refractivity contribution in [2.24, 2.45) is 0 Å². The summed E-state index contributed by atoms with van der Waals surface area (Å²) in [4.78, 5) is 30.9. The van der Waals surface area contributed by atoms with Gasteiger partial charge in [0.1, 0.15) is 5.82 Å². The number of hydrogen-bond donors (Lipinski definition) is 1. The van der Waals surface area contributed by atoms with Crippen molar-refractivity contribution < 1.29 is 14.0 Å². The van der Waals surface area contributed by atoms with E-state index in [-0.39, 0.29) is 16.8 Å². The first-order valence-electron chi connectivity index (χ1n) is 9.04. The van der Waals surface area contributed by atoms with E-state index in [2.05, 4.69) is 10.3 Å². The van der Waals surface area contributed by atoms with E-state index in [1.807, 2.05) is 6.07 Å². The van der Waals surface area contributed by atoms with E-state index in [4.69, 9.17) is 11.6 Å². The third-order valence-electron chi connectivity index (χ3n) is 4.78. The van der Waals surface area contributed by atoms with Crippen molar-refractivity contribution in [3.05, 3.63) is 99.6 Å². The van der Waals surface area contributed by atoms with Gasteiger partial charge in [0.2, 0.25) is 0 Å². The highest BCUT2D eigenvalue weighted by molar-refractivity contribution is 6.30. The van der Waals surface area contributed by atoms with Gasteiger partial charge in [-0.2, -0.15) is 0 Å². The Balaban J connectivity index is 1.45. The molecule has 0 spiro atoms. The van der Waals surface area contributed by atoms with Crippen LogP contribution in [0.4, 0.5) is 4.39 Å². The van der Waals surface area contributed by atoms with Gasteiger partial charge < -0.3 is 10.2 Å². The molecular weight excluding hydrogens is 393 g/mol. The molecule has 7 heteroatoms. The van der Waals surface area contributed by atoms with Crippen LogP contribution in [0.5, 0.6) is 0 Å². The molecule has 0 saturated carbocycles. The van der Waals surface area contributed by atoms with E-state index < -0.39 is 5.82 Å². The largest absolute Gasteiger partial charge is 0.348 e. The number of rotatable bonds is 5. The summed E-state index contributed by atoms with van der Waals surface area (Å²) in [5.74, 6) is -0.913. The third-order valence-corrected chi connectivity index (χ3v) is 5.07. The number of aromatic nitrogens is 1. The summed E-state index contributed by atoms with van der Waals surface area (Å²) < 4.78 is 13.3. The standard InChI is InChI=1S/C22H17ClFN3O2/c23-19-8-14(3-6-20(19)24)12-27-13-17-5-4-16(9-18(17)22(27)29)21(28)26-11-15-2-1-7-25-10-15/h1-10H,11-13H2,(H,26,28). The molecule has 0 saturated heterocycles. The number of nitrogens with zero attached hydrogens (tertiary/aromatic N) is 2. The Kier molecular flexibility index (Phi) is 5.27. The molecule has 0 unspecified atom stereocenters. The van der Waals surface area contributed by atoms with E-state index in [9.17, 15) is 14.0 Å². The van der Waals surface area contributed by atoms with Gasteiger partial charge in [0, 0.05) is 43.2 Å². The average Bonchev–Trinajstić information content (AvgIpc) is 3.04. The zero-order valence-electron chi connectivity index (χ0n) is 15.4. The molecule has 1 aromatic heterocycles. The van der Waals surface area contributed by atoms with Crippen LogP contribution in [0.3, 0.4) is 0 Å². The molecule has 0 radical (unpaired) electrons. The molecule has 29 heavy (non-hydrogen) atoms. The molecule has 146 valence electrons. The molecule has 0 bridgehead atoms. The summed E-state index contributed by atoms with van der Waals surface area (Å²) in [6.45, 7) is 1.10. The monoisotopic (exact) mass is 409 g/mol. The second-order valence-electron chi connectivity index (χ2n) is 6.83. The lowest BCUT2D eigenvalue weighted by Gasteiger charge is -2.15. The fourth-order valence-corrected chi connectivity index (χ4v) is 3.48. The van der Waals surface area contributed by atoms with Gasteiger partial charge in [-0.3, -0.25) is 14.6 Å². The van der Waals surface area contributed by atoms with Gasteiger partial charge in [-0.05, 0) is 47.0 Å². The number of nitrogens with one attached hydrogen (secondary N) is 1. The van der Waals surface area contributed by atoms with Crippen molar-refractivity contribution in [2.75, 3.05) is 0 Å². The van der Waals surface area contributed by atoms with Crippen LogP contribution in [-0.4, -0.2) is 21.7 Å². The van der Waals surface area contributed by atoms with E-state index in [0.717, 1.165) is 16.7 Å². The number of pyridine rings is 1. The van der Waals surface area contributed by atoms with Gasteiger partial charge in [0.05, 0.1) is 5.02 Å². The van der Waals surface area contributed by atoms with Crippen LogP contribution in [0.25, 0.3) is 0 Å². The molecule has 2 amide bonds. The Labute approximate surface area is 172 Å². The predicted molar refractivity (Wildman–Crippen MR) is 107 cm³/mol. The Hall–Kier alpha value is -3.25. The van der Waals surface area contributed by atoms with Crippen LogP contribution >= 0.6 is 11.6 Å². The smallest absolute Gasteiger partial charge is 0.254 e. The Morgan fingerprint density at radius 2 is 2.03 bits per heavy atom. The number of benzene rings is 2. The van der Waals surface area contributed by atoms with Crippen molar-refractivity contribution in [3.8, 4) is 0 Å². The molecule has 3 aromatic rings. The van der Waals surface area contributed by atoms with Crippen molar-refractivity contribution >= 4 is 23.4 Å². The number of amides is 2. The fourth-order valence-electron chi connectivity index (χ4n) is 3.28. The zero-order valence-corrected chi connectivity index (χ0v) is 16.1. The van der Waals surface area contributed by atoms with Gasteiger partial charge in [-0.15, -0.1) is 0 Å². The van der Waals surface area contributed by atoms with Gasteiger partial charge in [0.25, 0.3) is 11.8 Å². The Morgan fingerprint density at radius 1 is 1.17 bits per heavy atom. The van der Waals surface area contributed by atoms with E-state index in [1.54, 1.807) is 47.6 Å². The molecule has 1 aliphatic heterocycles. The molecule has 0 fully saturated rings. The van der Waals surface area contributed by atoms with Crippen LogP contribution in [-0.2, 0) is 19.6 Å². The maximum Gasteiger partial charge on any atom is 0.254 e. The summed E-state index contributed by atoms with van der Waals surface area (Å²) in [5.41, 5.74) is 3.42. The molecule has 1 aliphatic rings. The first-order chi connectivity index (χ1) is 14.0. The maximum absolute atomic E-state index is 13.3. The summed E-state index contributed by atoms with van der Waals surface area (Å²) in [6.07, 6.45) is 3.36. The minimum absolute atomic E-state index is 0.0271. The third kappa shape index (κ3) is 4.12. The predicted octanol–water partition coefficient (Wildman–Crippen LogP) is 3.96. The van der Waals surface area contributed by atoms with Crippen LogP contribution in [0.15, 0.2) is 60.9 Å². The van der Waals surface area contributed by atoms with E-state index >= 15 is 0 Å². The first kappa shape index (κ1) is 19.1. The van der Waals surface area contributed by atoms with Crippen LogP contribution in [0.1, 0.15) is 37.4 Å². The van der Waals surface area contributed by atoms with Crippen molar-refractivity contribution in [1.29, 1.82) is 0 Å². The topological polar surface area (TPSA) is 62.3 Å². The normalized spacial score (nSPS) is 12.8. The molecule has 2 heterocycles.